The van der Waals surface area contributed by atoms with Crippen LogP contribution < -0.4 is 5.32 Å². The second-order valence-corrected chi connectivity index (χ2v) is 4.53. The summed E-state index contributed by atoms with van der Waals surface area (Å²) in [5.41, 5.74) is 0.120. The van der Waals surface area contributed by atoms with Crippen molar-refractivity contribution in [3.8, 4) is 0 Å². The van der Waals surface area contributed by atoms with Crippen LogP contribution in [0.4, 0.5) is 15.8 Å². The number of hydrogen-bond donors (Lipinski definition) is 1. The van der Waals surface area contributed by atoms with Gasteiger partial charge in [0.15, 0.2) is 0 Å². The number of carbonyl (C=O) groups is 1. The number of rotatable bonds is 3. The Bertz CT molecular complexity index is 737. The Morgan fingerprint density at radius 3 is 2.71 bits per heavy atom. The molecular weight excluding hydrogens is 301 g/mol. The van der Waals surface area contributed by atoms with E-state index in [1.54, 1.807) is 13.0 Å². The Hall–Kier alpha value is -2.54. The summed E-state index contributed by atoms with van der Waals surface area (Å²) in [4.78, 5) is 25.8. The van der Waals surface area contributed by atoms with Crippen LogP contribution in [-0.4, -0.2) is 15.8 Å². The Kier molecular flexibility index (Phi) is 4.13. The summed E-state index contributed by atoms with van der Waals surface area (Å²) in [5, 5.41) is 13.5. The first-order valence-corrected chi connectivity index (χ1v) is 6.14. The highest BCUT2D eigenvalue weighted by Gasteiger charge is 2.18. The van der Waals surface area contributed by atoms with Crippen LogP contribution in [0.2, 0.25) is 5.15 Å². The highest BCUT2D eigenvalue weighted by molar-refractivity contribution is 6.29. The second-order valence-electron chi connectivity index (χ2n) is 4.14. The molecule has 1 aromatic carbocycles. The van der Waals surface area contributed by atoms with Crippen molar-refractivity contribution in [1.29, 1.82) is 0 Å². The van der Waals surface area contributed by atoms with Crippen LogP contribution in [0.3, 0.4) is 0 Å². The summed E-state index contributed by atoms with van der Waals surface area (Å²) in [5.74, 6) is -1.61. The maximum Gasteiger partial charge on any atom is 0.305 e. The molecule has 6 nitrogen and oxygen atoms in total. The van der Waals surface area contributed by atoms with Crippen LogP contribution in [0.25, 0.3) is 0 Å². The van der Waals surface area contributed by atoms with Crippen LogP contribution >= 0.6 is 11.6 Å². The average molecular weight is 310 g/mol. The van der Waals surface area contributed by atoms with Crippen LogP contribution in [0.5, 0.6) is 0 Å². The van der Waals surface area contributed by atoms with Gasteiger partial charge in [-0.3, -0.25) is 14.9 Å². The molecule has 1 heterocycles. The molecular formula is C13H9ClFN3O3. The van der Waals surface area contributed by atoms with E-state index in [0.717, 1.165) is 18.2 Å². The fraction of sp³-hybridized carbons (Fsp3) is 0.0769. The SMILES string of the molecule is Cc1nc(Cl)ccc1NC(=O)c1ccc(F)c([N+](=O)[O-])c1. The van der Waals surface area contributed by atoms with E-state index in [1.807, 2.05) is 0 Å². The molecule has 1 amide bonds. The average Bonchev–Trinajstić information content (AvgIpc) is 2.42. The molecule has 2 aromatic rings. The molecule has 0 aliphatic rings. The summed E-state index contributed by atoms with van der Waals surface area (Å²) >= 11 is 5.70. The van der Waals surface area contributed by atoms with Gasteiger partial charge in [0, 0.05) is 11.6 Å². The number of aromatic nitrogens is 1. The molecule has 0 unspecified atom stereocenters. The third-order valence-electron chi connectivity index (χ3n) is 2.71. The van der Waals surface area contributed by atoms with Crippen LogP contribution in [0.1, 0.15) is 16.1 Å². The maximum atomic E-state index is 13.2. The lowest BCUT2D eigenvalue weighted by atomic mass is 10.1. The predicted molar refractivity (Wildman–Crippen MR) is 75.0 cm³/mol. The van der Waals surface area contributed by atoms with Gasteiger partial charge >= 0.3 is 5.69 Å². The first-order valence-electron chi connectivity index (χ1n) is 5.77. The van der Waals surface area contributed by atoms with Gasteiger partial charge in [-0.25, -0.2) is 4.98 Å². The molecule has 1 aromatic heterocycles. The third kappa shape index (κ3) is 3.32. The van der Waals surface area contributed by atoms with E-state index in [9.17, 15) is 19.3 Å². The molecule has 21 heavy (non-hydrogen) atoms. The number of amides is 1. The molecule has 108 valence electrons. The maximum absolute atomic E-state index is 13.2. The molecule has 0 spiro atoms. The largest absolute Gasteiger partial charge is 0.320 e. The molecule has 0 bridgehead atoms. The standard InChI is InChI=1S/C13H9ClFN3O3/c1-7-10(4-5-12(14)16-7)17-13(19)8-2-3-9(15)11(6-8)18(20)21/h2-6H,1H3,(H,17,19). The van der Waals surface area contributed by atoms with E-state index in [1.165, 1.54) is 6.07 Å². The van der Waals surface area contributed by atoms with Crippen molar-refractivity contribution >= 4 is 28.9 Å². The Balaban J connectivity index is 2.28. The van der Waals surface area contributed by atoms with Gasteiger partial charge in [-0.1, -0.05) is 11.6 Å². The highest BCUT2D eigenvalue weighted by atomic mass is 35.5. The molecule has 0 radical (unpaired) electrons. The predicted octanol–water partition coefficient (Wildman–Crippen LogP) is 3.34. The number of aryl methyl sites for hydroxylation is 1. The fourth-order valence-corrected chi connectivity index (χ4v) is 1.84. The smallest absolute Gasteiger partial charge is 0.305 e. The topological polar surface area (TPSA) is 85.1 Å². The van der Waals surface area contributed by atoms with Crippen molar-refractivity contribution in [3.05, 3.63) is 62.7 Å². The van der Waals surface area contributed by atoms with Crippen LogP contribution in [0, 0.1) is 22.9 Å². The zero-order valence-electron chi connectivity index (χ0n) is 10.8. The molecule has 0 aliphatic carbocycles. The van der Waals surface area contributed by atoms with Crippen LogP contribution in [0.15, 0.2) is 30.3 Å². The van der Waals surface area contributed by atoms with Gasteiger partial charge in [-0.05, 0) is 31.2 Å². The van der Waals surface area contributed by atoms with Gasteiger partial charge in [0.05, 0.1) is 16.3 Å². The minimum absolute atomic E-state index is 0.0301. The number of anilines is 1. The van der Waals surface area contributed by atoms with Gasteiger partial charge in [-0.2, -0.15) is 4.39 Å². The number of nitrogens with zero attached hydrogens (tertiary/aromatic N) is 2. The zero-order valence-corrected chi connectivity index (χ0v) is 11.5. The van der Waals surface area contributed by atoms with Gasteiger partial charge < -0.3 is 5.32 Å². The number of carbonyl (C=O) groups excluding carboxylic acids is 1. The van der Waals surface area contributed by atoms with E-state index >= 15 is 0 Å². The summed E-state index contributed by atoms with van der Waals surface area (Å²) in [7, 11) is 0. The summed E-state index contributed by atoms with van der Waals surface area (Å²) in [6.07, 6.45) is 0. The van der Waals surface area contributed by atoms with E-state index in [0.29, 0.717) is 11.4 Å². The number of nitro benzene ring substituents is 1. The van der Waals surface area contributed by atoms with Gasteiger partial charge in [0.2, 0.25) is 5.82 Å². The molecule has 0 saturated heterocycles. The summed E-state index contributed by atoms with van der Waals surface area (Å²) in [6, 6.07) is 5.97. The summed E-state index contributed by atoms with van der Waals surface area (Å²) < 4.78 is 13.2. The molecule has 0 atom stereocenters. The fourth-order valence-electron chi connectivity index (χ4n) is 1.65. The van der Waals surface area contributed by atoms with Gasteiger partial charge in [0.25, 0.3) is 5.91 Å². The monoisotopic (exact) mass is 309 g/mol. The van der Waals surface area contributed by atoms with Crippen molar-refractivity contribution in [3.63, 3.8) is 0 Å². The second kappa shape index (κ2) is 5.84. The van der Waals surface area contributed by atoms with E-state index in [4.69, 9.17) is 11.6 Å². The highest BCUT2D eigenvalue weighted by Crippen LogP contribution is 2.21. The summed E-state index contributed by atoms with van der Waals surface area (Å²) in [6.45, 7) is 1.65. The van der Waals surface area contributed by atoms with E-state index in [2.05, 4.69) is 10.3 Å². The minimum Gasteiger partial charge on any atom is -0.320 e. The van der Waals surface area contributed by atoms with Crippen molar-refractivity contribution in [2.45, 2.75) is 6.92 Å². The molecule has 1 N–H and O–H groups in total. The van der Waals surface area contributed by atoms with E-state index in [-0.39, 0.29) is 10.7 Å². The number of benzene rings is 1. The van der Waals surface area contributed by atoms with Gasteiger partial charge in [0.1, 0.15) is 5.15 Å². The molecule has 0 fully saturated rings. The Morgan fingerprint density at radius 2 is 2.10 bits per heavy atom. The van der Waals surface area contributed by atoms with Crippen molar-refractivity contribution in [2.24, 2.45) is 0 Å². The number of nitro groups is 1. The quantitative estimate of drug-likeness (QED) is 0.535. The number of halogens is 2. The molecule has 0 aliphatic heterocycles. The Labute approximate surface area is 123 Å². The van der Waals surface area contributed by atoms with Crippen molar-refractivity contribution in [1.82, 2.24) is 4.98 Å². The number of pyridine rings is 1. The molecule has 8 heteroatoms. The number of hydrogen-bond acceptors (Lipinski definition) is 4. The normalized spacial score (nSPS) is 10.2. The minimum atomic E-state index is -0.999. The first kappa shape index (κ1) is 14.9. The first-order chi connectivity index (χ1) is 9.88. The lowest BCUT2D eigenvalue weighted by Crippen LogP contribution is -2.13. The Morgan fingerprint density at radius 1 is 1.38 bits per heavy atom. The number of nitrogens with one attached hydrogen (secondary N) is 1. The lowest BCUT2D eigenvalue weighted by molar-refractivity contribution is -0.387. The van der Waals surface area contributed by atoms with Crippen LogP contribution in [-0.2, 0) is 0 Å². The molecule has 0 saturated carbocycles. The van der Waals surface area contributed by atoms with Gasteiger partial charge in [-0.15, -0.1) is 0 Å². The van der Waals surface area contributed by atoms with Crippen molar-refractivity contribution < 1.29 is 14.1 Å². The van der Waals surface area contributed by atoms with E-state index < -0.39 is 22.3 Å². The van der Waals surface area contributed by atoms with Crippen molar-refractivity contribution in [2.75, 3.05) is 5.32 Å². The molecule has 2 rings (SSSR count). The third-order valence-corrected chi connectivity index (χ3v) is 2.92. The zero-order chi connectivity index (χ0) is 15.6. The lowest BCUT2D eigenvalue weighted by Gasteiger charge is -2.08.